The predicted molar refractivity (Wildman–Crippen MR) is 160 cm³/mol. The molecular formula is C35H22N4. The van der Waals surface area contributed by atoms with Gasteiger partial charge >= 0.3 is 0 Å². The molecule has 0 amide bonds. The Hall–Kier alpha value is -5.35. The van der Waals surface area contributed by atoms with Crippen LogP contribution in [0.1, 0.15) is 0 Å². The summed E-state index contributed by atoms with van der Waals surface area (Å²) < 4.78 is 2.30. The molecule has 0 saturated carbocycles. The summed E-state index contributed by atoms with van der Waals surface area (Å²) in [5, 5.41) is 7.21. The lowest BCUT2D eigenvalue weighted by Gasteiger charge is -2.08. The van der Waals surface area contributed by atoms with Gasteiger partial charge in [0.1, 0.15) is 0 Å². The zero-order chi connectivity index (χ0) is 25.8. The third-order valence-corrected chi connectivity index (χ3v) is 7.57. The summed E-state index contributed by atoms with van der Waals surface area (Å²) in [7, 11) is 0. The summed E-state index contributed by atoms with van der Waals surface area (Å²) in [6, 6.07) is 38.3. The normalized spacial score (nSPS) is 11.6. The Morgan fingerprint density at radius 3 is 2.13 bits per heavy atom. The van der Waals surface area contributed by atoms with Crippen molar-refractivity contribution < 1.29 is 0 Å². The number of rotatable bonds is 3. The second kappa shape index (κ2) is 8.61. The summed E-state index contributed by atoms with van der Waals surface area (Å²) in [4.78, 5) is 14.0. The number of hydrogen-bond acceptors (Lipinski definition) is 3. The van der Waals surface area contributed by atoms with Crippen LogP contribution in [0.15, 0.2) is 134 Å². The minimum atomic E-state index is 0.934. The molecule has 0 unspecified atom stereocenters. The van der Waals surface area contributed by atoms with Gasteiger partial charge in [0.2, 0.25) is 0 Å². The Morgan fingerprint density at radius 2 is 1.31 bits per heavy atom. The molecule has 8 rings (SSSR count). The van der Waals surface area contributed by atoms with Crippen LogP contribution in [0.4, 0.5) is 0 Å². The Balaban J connectivity index is 1.32. The highest BCUT2D eigenvalue weighted by atomic mass is 15.0. The monoisotopic (exact) mass is 498 g/mol. The van der Waals surface area contributed by atoms with Gasteiger partial charge in [-0.25, -0.2) is 0 Å². The second-order valence-electron chi connectivity index (χ2n) is 9.77. The van der Waals surface area contributed by atoms with Crippen LogP contribution >= 0.6 is 0 Å². The molecule has 0 aliphatic carbocycles. The molecule has 8 aromatic rings. The average molecular weight is 499 g/mol. The van der Waals surface area contributed by atoms with Gasteiger partial charge in [0.05, 0.1) is 34.3 Å². The van der Waals surface area contributed by atoms with Gasteiger partial charge in [0.25, 0.3) is 0 Å². The Morgan fingerprint density at radius 1 is 0.513 bits per heavy atom. The Labute approximate surface area is 224 Å². The highest BCUT2D eigenvalue weighted by Crippen LogP contribution is 2.38. The van der Waals surface area contributed by atoms with Gasteiger partial charge in [-0.15, -0.1) is 0 Å². The molecule has 4 aromatic carbocycles. The van der Waals surface area contributed by atoms with E-state index in [1.165, 1.54) is 32.4 Å². The van der Waals surface area contributed by atoms with Crippen LogP contribution in [0, 0.1) is 0 Å². The van der Waals surface area contributed by atoms with Crippen molar-refractivity contribution in [3.8, 4) is 28.2 Å². The van der Waals surface area contributed by atoms with Crippen molar-refractivity contribution in [1.29, 1.82) is 0 Å². The summed E-state index contributed by atoms with van der Waals surface area (Å²) in [6.07, 6.45) is 7.53. The molecule has 0 atom stereocenters. The van der Waals surface area contributed by atoms with Gasteiger partial charge in [-0.1, -0.05) is 60.7 Å². The first-order valence-electron chi connectivity index (χ1n) is 13.0. The van der Waals surface area contributed by atoms with Gasteiger partial charge in [-0.3, -0.25) is 15.0 Å². The number of nitrogens with zero attached hydrogens (tertiary/aromatic N) is 4. The molecule has 0 saturated heterocycles. The molecule has 182 valence electrons. The van der Waals surface area contributed by atoms with Gasteiger partial charge in [0, 0.05) is 45.9 Å². The van der Waals surface area contributed by atoms with Crippen molar-refractivity contribution in [2.45, 2.75) is 0 Å². The lowest BCUT2D eigenvalue weighted by atomic mass is 10.0. The lowest BCUT2D eigenvalue weighted by molar-refractivity contribution is 1.14. The SMILES string of the molecule is c1cncc(-n2c3ccc(-c4ccc(-c5nccc6ccccc56)cn4)cc3c3c4ccccc4ccc32)c1. The van der Waals surface area contributed by atoms with Crippen molar-refractivity contribution in [2.24, 2.45) is 0 Å². The van der Waals surface area contributed by atoms with Crippen molar-refractivity contribution in [1.82, 2.24) is 19.5 Å². The highest BCUT2D eigenvalue weighted by Gasteiger charge is 2.16. The summed E-state index contributed by atoms with van der Waals surface area (Å²) in [5.74, 6) is 0. The fraction of sp³-hybridized carbons (Fsp3) is 0. The molecule has 0 radical (unpaired) electrons. The molecule has 4 aromatic heterocycles. The number of benzene rings is 4. The van der Waals surface area contributed by atoms with E-state index in [2.05, 4.69) is 112 Å². The van der Waals surface area contributed by atoms with E-state index >= 15 is 0 Å². The lowest BCUT2D eigenvalue weighted by Crippen LogP contribution is -1.94. The topological polar surface area (TPSA) is 43.6 Å². The van der Waals surface area contributed by atoms with Gasteiger partial charge in [-0.2, -0.15) is 0 Å². The number of pyridine rings is 3. The molecule has 4 heterocycles. The fourth-order valence-electron chi connectivity index (χ4n) is 5.77. The minimum Gasteiger partial charge on any atom is -0.308 e. The Bertz CT molecular complexity index is 2160. The average Bonchev–Trinajstić information content (AvgIpc) is 3.35. The summed E-state index contributed by atoms with van der Waals surface area (Å²) >= 11 is 0. The molecule has 0 bridgehead atoms. The van der Waals surface area contributed by atoms with Gasteiger partial charge in [0.15, 0.2) is 0 Å². The first kappa shape index (κ1) is 21.7. The number of hydrogen-bond donors (Lipinski definition) is 0. The maximum absolute atomic E-state index is 4.89. The molecule has 0 N–H and O–H groups in total. The van der Waals surface area contributed by atoms with E-state index in [4.69, 9.17) is 4.98 Å². The van der Waals surface area contributed by atoms with Crippen LogP contribution < -0.4 is 0 Å². The van der Waals surface area contributed by atoms with E-state index in [0.717, 1.165) is 39.1 Å². The van der Waals surface area contributed by atoms with E-state index in [1.807, 2.05) is 36.9 Å². The molecule has 0 aliphatic heterocycles. The molecule has 0 spiro atoms. The van der Waals surface area contributed by atoms with Gasteiger partial charge in [-0.05, 0) is 64.7 Å². The van der Waals surface area contributed by atoms with Crippen LogP contribution in [0.5, 0.6) is 0 Å². The quantitative estimate of drug-likeness (QED) is 0.245. The molecular weight excluding hydrogens is 476 g/mol. The molecule has 4 nitrogen and oxygen atoms in total. The first-order valence-corrected chi connectivity index (χ1v) is 13.0. The zero-order valence-corrected chi connectivity index (χ0v) is 21.0. The maximum Gasteiger partial charge on any atom is 0.0795 e. The number of aromatic nitrogens is 4. The maximum atomic E-state index is 4.89. The van der Waals surface area contributed by atoms with Crippen molar-refractivity contribution >= 4 is 43.4 Å². The Kier molecular flexibility index (Phi) is 4.79. The van der Waals surface area contributed by atoms with Crippen LogP contribution in [-0.4, -0.2) is 19.5 Å². The first-order chi connectivity index (χ1) is 19.3. The van der Waals surface area contributed by atoms with Crippen molar-refractivity contribution in [3.05, 3.63) is 134 Å². The summed E-state index contributed by atoms with van der Waals surface area (Å²) in [6.45, 7) is 0. The third kappa shape index (κ3) is 3.42. The molecule has 4 heteroatoms. The third-order valence-electron chi connectivity index (χ3n) is 7.57. The van der Waals surface area contributed by atoms with Crippen LogP contribution in [0.3, 0.4) is 0 Å². The van der Waals surface area contributed by atoms with E-state index in [9.17, 15) is 0 Å². The van der Waals surface area contributed by atoms with E-state index in [-0.39, 0.29) is 0 Å². The van der Waals surface area contributed by atoms with E-state index in [0.29, 0.717) is 0 Å². The fourth-order valence-corrected chi connectivity index (χ4v) is 5.77. The van der Waals surface area contributed by atoms with E-state index in [1.54, 1.807) is 0 Å². The van der Waals surface area contributed by atoms with Crippen molar-refractivity contribution in [2.75, 3.05) is 0 Å². The van der Waals surface area contributed by atoms with Crippen molar-refractivity contribution in [3.63, 3.8) is 0 Å². The molecule has 0 aliphatic rings. The zero-order valence-electron chi connectivity index (χ0n) is 21.0. The van der Waals surface area contributed by atoms with Crippen LogP contribution in [-0.2, 0) is 0 Å². The predicted octanol–water partition coefficient (Wildman–Crippen LogP) is 8.61. The van der Waals surface area contributed by atoms with Crippen LogP contribution in [0.2, 0.25) is 0 Å². The molecule has 39 heavy (non-hydrogen) atoms. The molecule has 0 fully saturated rings. The second-order valence-corrected chi connectivity index (χ2v) is 9.77. The standard InChI is InChI=1S/C35H22N4/c1-3-9-28-23(6-1)12-16-33-34(28)30-20-25(13-15-32(30)39(33)27-8-5-18-36-22-27)31-14-11-26(21-38-31)35-29-10-4-2-7-24(29)17-19-37-35/h1-22H. The summed E-state index contributed by atoms with van der Waals surface area (Å²) in [5.41, 5.74) is 7.34. The highest BCUT2D eigenvalue weighted by molar-refractivity contribution is 6.21. The van der Waals surface area contributed by atoms with Gasteiger partial charge < -0.3 is 4.57 Å². The smallest absolute Gasteiger partial charge is 0.0795 e. The van der Waals surface area contributed by atoms with Crippen LogP contribution in [0.25, 0.3) is 71.6 Å². The van der Waals surface area contributed by atoms with E-state index < -0.39 is 0 Å². The minimum absolute atomic E-state index is 0.934. The number of fused-ring (bicyclic) bond motifs is 6. The largest absolute Gasteiger partial charge is 0.308 e.